The maximum atomic E-state index is 5.47. The number of anilines is 2. The average molecular weight is 403 g/mol. The Morgan fingerprint density at radius 2 is 2.00 bits per heavy atom. The van der Waals surface area contributed by atoms with E-state index in [9.17, 15) is 0 Å². The van der Waals surface area contributed by atoms with E-state index in [1.807, 2.05) is 19.1 Å². The SMILES string of the molecule is Cc1nnc2ccc(NCc3ccc(Br)cc3N3CCOCC3)nn12. The van der Waals surface area contributed by atoms with E-state index < -0.39 is 0 Å². The van der Waals surface area contributed by atoms with Gasteiger partial charge in [-0.15, -0.1) is 15.3 Å². The van der Waals surface area contributed by atoms with Crippen molar-refractivity contribution >= 4 is 33.1 Å². The van der Waals surface area contributed by atoms with E-state index in [1.54, 1.807) is 4.52 Å². The monoisotopic (exact) mass is 402 g/mol. The van der Waals surface area contributed by atoms with Crippen LogP contribution < -0.4 is 10.2 Å². The van der Waals surface area contributed by atoms with Gasteiger partial charge in [0.05, 0.1) is 13.2 Å². The van der Waals surface area contributed by atoms with Crippen molar-refractivity contribution in [3.63, 3.8) is 0 Å². The molecular weight excluding hydrogens is 384 g/mol. The first-order chi connectivity index (χ1) is 12.2. The summed E-state index contributed by atoms with van der Waals surface area (Å²) in [7, 11) is 0. The molecule has 4 rings (SSSR count). The van der Waals surface area contributed by atoms with E-state index in [-0.39, 0.29) is 0 Å². The lowest BCUT2D eigenvalue weighted by molar-refractivity contribution is 0.122. The first-order valence-electron chi connectivity index (χ1n) is 8.25. The van der Waals surface area contributed by atoms with Gasteiger partial charge in [-0.25, -0.2) is 0 Å². The first kappa shape index (κ1) is 16.3. The fourth-order valence-electron chi connectivity index (χ4n) is 2.96. The number of ether oxygens (including phenoxy) is 1. The van der Waals surface area contributed by atoms with Gasteiger partial charge in [0, 0.05) is 29.8 Å². The highest BCUT2D eigenvalue weighted by atomic mass is 79.9. The molecule has 0 saturated carbocycles. The minimum Gasteiger partial charge on any atom is -0.378 e. The molecule has 1 aliphatic rings. The number of nitrogens with one attached hydrogen (secondary N) is 1. The molecule has 0 amide bonds. The van der Waals surface area contributed by atoms with Crippen LogP contribution in [0.5, 0.6) is 0 Å². The second-order valence-electron chi connectivity index (χ2n) is 5.96. The standard InChI is InChI=1S/C17H19BrN6O/c1-12-20-21-17-5-4-16(22-24(12)17)19-11-13-2-3-14(18)10-15(13)23-6-8-25-9-7-23/h2-5,10H,6-9,11H2,1H3,(H,19,22). The average Bonchev–Trinajstić information content (AvgIpc) is 3.02. The van der Waals surface area contributed by atoms with Gasteiger partial charge in [0.2, 0.25) is 0 Å². The molecule has 0 atom stereocenters. The van der Waals surface area contributed by atoms with Gasteiger partial charge in [-0.3, -0.25) is 0 Å². The summed E-state index contributed by atoms with van der Waals surface area (Å²) in [5, 5.41) is 16.1. The summed E-state index contributed by atoms with van der Waals surface area (Å²) >= 11 is 3.58. The van der Waals surface area contributed by atoms with Gasteiger partial charge in [0.15, 0.2) is 11.5 Å². The van der Waals surface area contributed by atoms with Crippen molar-refractivity contribution in [2.75, 3.05) is 36.5 Å². The fourth-order valence-corrected chi connectivity index (χ4v) is 3.31. The van der Waals surface area contributed by atoms with Crippen LogP contribution in [0.3, 0.4) is 0 Å². The highest BCUT2D eigenvalue weighted by molar-refractivity contribution is 9.10. The Bertz CT molecular complexity index is 890. The van der Waals surface area contributed by atoms with E-state index in [4.69, 9.17) is 4.74 Å². The van der Waals surface area contributed by atoms with E-state index in [0.717, 1.165) is 48.1 Å². The third-order valence-electron chi connectivity index (χ3n) is 4.28. The summed E-state index contributed by atoms with van der Waals surface area (Å²) in [4.78, 5) is 2.37. The van der Waals surface area contributed by atoms with Crippen molar-refractivity contribution in [3.05, 3.63) is 46.2 Å². The normalized spacial score (nSPS) is 14.9. The molecule has 1 saturated heterocycles. The Labute approximate surface area is 154 Å². The molecule has 0 radical (unpaired) electrons. The van der Waals surface area contributed by atoms with Crippen molar-refractivity contribution in [1.29, 1.82) is 0 Å². The van der Waals surface area contributed by atoms with Crippen LogP contribution in [0, 0.1) is 6.92 Å². The smallest absolute Gasteiger partial charge is 0.178 e. The lowest BCUT2D eigenvalue weighted by atomic mass is 10.1. The third kappa shape index (κ3) is 3.45. The molecule has 0 spiro atoms. The minimum atomic E-state index is 0.694. The predicted molar refractivity (Wildman–Crippen MR) is 100 cm³/mol. The third-order valence-corrected chi connectivity index (χ3v) is 4.77. The zero-order valence-electron chi connectivity index (χ0n) is 13.9. The zero-order valence-corrected chi connectivity index (χ0v) is 15.5. The number of nitrogens with zero attached hydrogens (tertiary/aromatic N) is 5. The molecule has 1 aliphatic heterocycles. The minimum absolute atomic E-state index is 0.694. The maximum absolute atomic E-state index is 5.47. The molecule has 0 unspecified atom stereocenters. The van der Waals surface area contributed by atoms with Gasteiger partial charge in [-0.2, -0.15) is 4.52 Å². The molecule has 3 aromatic rings. The molecule has 25 heavy (non-hydrogen) atoms. The Kier molecular flexibility index (Phi) is 4.54. The van der Waals surface area contributed by atoms with Gasteiger partial charge in [-0.05, 0) is 36.8 Å². The zero-order chi connectivity index (χ0) is 17.2. The van der Waals surface area contributed by atoms with E-state index in [2.05, 4.69) is 59.6 Å². The number of fused-ring (bicyclic) bond motifs is 1. The fraction of sp³-hybridized carbons (Fsp3) is 0.353. The molecule has 0 aliphatic carbocycles. The number of hydrogen-bond acceptors (Lipinski definition) is 6. The Morgan fingerprint density at radius 1 is 1.16 bits per heavy atom. The summed E-state index contributed by atoms with van der Waals surface area (Å²) in [6.45, 7) is 5.94. The topological polar surface area (TPSA) is 67.6 Å². The molecular formula is C17H19BrN6O. The summed E-state index contributed by atoms with van der Waals surface area (Å²) in [6, 6.07) is 10.2. The molecule has 2 aromatic heterocycles. The number of hydrogen-bond donors (Lipinski definition) is 1. The second kappa shape index (κ2) is 6.97. The molecule has 130 valence electrons. The Morgan fingerprint density at radius 3 is 2.84 bits per heavy atom. The van der Waals surface area contributed by atoms with Crippen molar-refractivity contribution in [3.8, 4) is 0 Å². The van der Waals surface area contributed by atoms with Crippen LogP contribution in [0.1, 0.15) is 11.4 Å². The summed E-state index contributed by atoms with van der Waals surface area (Å²) in [5.74, 6) is 1.57. The van der Waals surface area contributed by atoms with Crippen LogP contribution in [-0.2, 0) is 11.3 Å². The van der Waals surface area contributed by atoms with Crippen LogP contribution in [-0.4, -0.2) is 46.1 Å². The number of morpholine rings is 1. The summed E-state index contributed by atoms with van der Waals surface area (Å²) < 4.78 is 8.30. The first-order valence-corrected chi connectivity index (χ1v) is 9.04. The predicted octanol–water partition coefficient (Wildman–Crippen LogP) is 2.64. The van der Waals surface area contributed by atoms with Crippen LogP contribution in [0.4, 0.5) is 11.5 Å². The molecule has 0 bridgehead atoms. The largest absolute Gasteiger partial charge is 0.378 e. The van der Waals surface area contributed by atoms with Crippen LogP contribution >= 0.6 is 15.9 Å². The van der Waals surface area contributed by atoms with Gasteiger partial charge in [0.25, 0.3) is 0 Å². The Hall–Kier alpha value is -2.19. The van der Waals surface area contributed by atoms with Gasteiger partial charge in [-0.1, -0.05) is 22.0 Å². The highest BCUT2D eigenvalue weighted by Gasteiger charge is 2.15. The van der Waals surface area contributed by atoms with Crippen LogP contribution in [0.15, 0.2) is 34.8 Å². The van der Waals surface area contributed by atoms with Crippen LogP contribution in [0.2, 0.25) is 0 Å². The van der Waals surface area contributed by atoms with E-state index in [1.165, 1.54) is 11.3 Å². The van der Waals surface area contributed by atoms with Gasteiger partial charge < -0.3 is 15.0 Å². The summed E-state index contributed by atoms with van der Waals surface area (Å²) in [5.41, 5.74) is 3.21. The maximum Gasteiger partial charge on any atom is 0.178 e. The Balaban J connectivity index is 1.56. The lowest BCUT2D eigenvalue weighted by Gasteiger charge is -2.31. The van der Waals surface area contributed by atoms with Crippen LogP contribution in [0.25, 0.3) is 5.65 Å². The molecule has 1 aromatic carbocycles. The second-order valence-corrected chi connectivity index (χ2v) is 6.88. The molecule has 1 N–H and O–H groups in total. The van der Waals surface area contributed by atoms with Crippen molar-refractivity contribution in [1.82, 2.24) is 19.8 Å². The lowest BCUT2D eigenvalue weighted by Crippen LogP contribution is -2.36. The number of benzene rings is 1. The van der Waals surface area contributed by atoms with Crippen molar-refractivity contribution in [2.45, 2.75) is 13.5 Å². The number of halogens is 1. The molecule has 8 heteroatoms. The molecule has 3 heterocycles. The molecule has 1 fully saturated rings. The van der Waals surface area contributed by atoms with E-state index >= 15 is 0 Å². The highest BCUT2D eigenvalue weighted by Crippen LogP contribution is 2.26. The number of rotatable bonds is 4. The molecule has 7 nitrogen and oxygen atoms in total. The van der Waals surface area contributed by atoms with Crippen molar-refractivity contribution < 1.29 is 4.74 Å². The quantitative estimate of drug-likeness (QED) is 0.723. The van der Waals surface area contributed by atoms with E-state index in [0.29, 0.717) is 6.54 Å². The van der Waals surface area contributed by atoms with Crippen molar-refractivity contribution in [2.24, 2.45) is 0 Å². The number of aryl methyl sites for hydroxylation is 1. The summed E-state index contributed by atoms with van der Waals surface area (Å²) in [6.07, 6.45) is 0. The van der Waals surface area contributed by atoms with Gasteiger partial charge in [0.1, 0.15) is 5.82 Å². The van der Waals surface area contributed by atoms with Gasteiger partial charge >= 0.3 is 0 Å². The number of aromatic nitrogens is 4.